The molecule has 2 aromatic rings. The third kappa shape index (κ3) is 3.81. The molecule has 22 heavy (non-hydrogen) atoms. The summed E-state index contributed by atoms with van der Waals surface area (Å²) >= 11 is 0. The predicted octanol–water partition coefficient (Wildman–Crippen LogP) is 2.55. The number of rotatable bonds is 5. The zero-order valence-corrected chi connectivity index (χ0v) is 13.0. The third-order valence-corrected chi connectivity index (χ3v) is 3.36. The van der Waals surface area contributed by atoms with Gasteiger partial charge in [-0.05, 0) is 36.6 Å². The number of esters is 1. The van der Waals surface area contributed by atoms with E-state index in [2.05, 4.69) is 10.3 Å². The molecule has 1 heterocycles. The van der Waals surface area contributed by atoms with Crippen molar-refractivity contribution >= 4 is 22.8 Å². The Labute approximate surface area is 129 Å². The minimum Gasteiger partial charge on any atom is -0.467 e. The average molecular weight is 300 g/mol. The predicted molar refractivity (Wildman–Crippen MR) is 84.5 cm³/mol. The fourth-order valence-electron chi connectivity index (χ4n) is 2.29. The molecule has 1 aromatic heterocycles. The van der Waals surface area contributed by atoms with Gasteiger partial charge in [-0.25, -0.2) is 4.79 Å². The molecular weight excluding hydrogens is 280 g/mol. The first kappa shape index (κ1) is 15.9. The van der Waals surface area contributed by atoms with Crippen molar-refractivity contribution in [1.29, 1.82) is 0 Å². The first-order valence-electron chi connectivity index (χ1n) is 7.24. The van der Waals surface area contributed by atoms with E-state index in [0.717, 1.165) is 10.9 Å². The van der Waals surface area contributed by atoms with Crippen molar-refractivity contribution in [3.05, 3.63) is 42.1 Å². The van der Waals surface area contributed by atoms with Gasteiger partial charge in [0.25, 0.3) is 5.91 Å². The van der Waals surface area contributed by atoms with Gasteiger partial charge in [0.1, 0.15) is 6.04 Å². The molecule has 5 heteroatoms. The van der Waals surface area contributed by atoms with Crippen LogP contribution in [0.25, 0.3) is 10.9 Å². The maximum absolute atomic E-state index is 12.4. The lowest BCUT2D eigenvalue weighted by molar-refractivity contribution is -0.143. The molecule has 0 aliphatic carbocycles. The zero-order chi connectivity index (χ0) is 16.1. The molecule has 0 aliphatic heterocycles. The molecule has 5 nitrogen and oxygen atoms in total. The van der Waals surface area contributed by atoms with Gasteiger partial charge in [-0.1, -0.05) is 19.9 Å². The molecule has 0 radical (unpaired) electrons. The number of hydrogen-bond acceptors (Lipinski definition) is 4. The molecule has 1 aromatic carbocycles. The Morgan fingerprint density at radius 1 is 1.27 bits per heavy atom. The summed E-state index contributed by atoms with van der Waals surface area (Å²) < 4.78 is 4.76. The lowest BCUT2D eigenvalue weighted by atomic mass is 10.0. The van der Waals surface area contributed by atoms with Gasteiger partial charge in [0.05, 0.1) is 12.6 Å². The minimum atomic E-state index is -0.637. The van der Waals surface area contributed by atoms with Crippen LogP contribution in [0.4, 0.5) is 0 Å². The summed E-state index contributed by atoms with van der Waals surface area (Å²) in [5, 5.41) is 3.63. The SMILES string of the molecule is COC(=O)[C@@H](CC(C)C)NC(=O)c1ccc2ncccc2c1. The maximum atomic E-state index is 12.4. The van der Waals surface area contributed by atoms with E-state index < -0.39 is 12.0 Å². The van der Waals surface area contributed by atoms with Crippen LogP contribution in [0.2, 0.25) is 0 Å². The first-order chi connectivity index (χ1) is 10.5. The van der Waals surface area contributed by atoms with E-state index in [9.17, 15) is 9.59 Å². The number of nitrogens with one attached hydrogen (secondary N) is 1. The fraction of sp³-hybridized carbons (Fsp3) is 0.353. The molecule has 0 bridgehead atoms. The summed E-state index contributed by atoms with van der Waals surface area (Å²) in [6.07, 6.45) is 2.24. The van der Waals surface area contributed by atoms with E-state index in [0.29, 0.717) is 12.0 Å². The Kier molecular flexibility index (Phi) is 5.09. The standard InChI is InChI=1S/C17H20N2O3/c1-11(2)9-15(17(21)22-3)19-16(20)13-6-7-14-12(10-13)5-4-8-18-14/h4-8,10-11,15H,9H2,1-3H3,(H,19,20)/t15-/m1/s1. The van der Waals surface area contributed by atoms with Gasteiger partial charge in [-0.2, -0.15) is 0 Å². The third-order valence-electron chi connectivity index (χ3n) is 3.36. The van der Waals surface area contributed by atoms with E-state index in [4.69, 9.17) is 4.74 Å². The number of methoxy groups -OCH3 is 1. The number of ether oxygens (including phenoxy) is 1. The highest BCUT2D eigenvalue weighted by Crippen LogP contribution is 2.14. The molecule has 0 saturated carbocycles. The number of fused-ring (bicyclic) bond motifs is 1. The smallest absolute Gasteiger partial charge is 0.328 e. The monoisotopic (exact) mass is 300 g/mol. The number of carbonyl (C=O) groups is 2. The Balaban J connectivity index is 2.19. The van der Waals surface area contributed by atoms with Crippen LogP contribution in [-0.4, -0.2) is 30.0 Å². The van der Waals surface area contributed by atoms with Crippen LogP contribution in [0.5, 0.6) is 0 Å². The van der Waals surface area contributed by atoms with Crippen molar-refractivity contribution in [3.63, 3.8) is 0 Å². The number of hydrogen-bond donors (Lipinski definition) is 1. The summed E-state index contributed by atoms with van der Waals surface area (Å²) in [4.78, 5) is 28.4. The Morgan fingerprint density at radius 3 is 2.73 bits per heavy atom. The van der Waals surface area contributed by atoms with E-state index in [1.54, 1.807) is 24.4 Å². The van der Waals surface area contributed by atoms with Gasteiger partial charge < -0.3 is 10.1 Å². The van der Waals surface area contributed by atoms with Crippen LogP contribution in [0.3, 0.4) is 0 Å². The highest BCUT2D eigenvalue weighted by molar-refractivity contribution is 5.99. The molecular formula is C17H20N2O3. The molecule has 1 amide bonds. The van der Waals surface area contributed by atoms with Crippen molar-refractivity contribution in [2.24, 2.45) is 5.92 Å². The normalized spacial score (nSPS) is 12.2. The number of benzene rings is 1. The second-order valence-electron chi connectivity index (χ2n) is 5.59. The zero-order valence-electron chi connectivity index (χ0n) is 13.0. The van der Waals surface area contributed by atoms with Gasteiger partial charge >= 0.3 is 5.97 Å². The lowest BCUT2D eigenvalue weighted by Crippen LogP contribution is -2.42. The Hall–Kier alpha value is -2.43. The largest absolute Gasteiger partial charge is 0.467 e. The van der Waals surface area contributed by atoms with E-state index >= 15 is 0 Å². The van der Waals surface area contributed by atoms with E-state index in [-0.39, 0.29) is 11.8 Å². The molecule has 0 unspecified atom stereocenters. The molecule has 116 valence electrons. The van der Waals surface area contributed by atoms with Crippen molar-refractivity contribution in [1.82, 2.24) is 10.3 Å². The van der Waals surface area contributed by atoms with Crippen LogP contribution in [0.1, 0.15) is 30.6 Å². The number of aromatic nitrogens is 1. The second-order valence-corrected chi connectivity index (χ2v) is 5.59. The van der Waals surface area contributed by atoms with Gasteiger partial charge in [0, 0.05) is 17.1 Å². The summed E-state index contributed by atoms with van der Waals surface area (Å²) in [7, 11) is 1.32. The van der Waals surface area contributed by atoms with Crippen molar-refractivity contribution in [2.45, 2.75) is 26.3 Å². The topological polar surface area (TPSA) is 68.3 Å². The number of nitrogens with zero attached hydrogens (tertiary/aromatic N) is 1. The molecule has 1 atom stereocenters. The van der Waals surface area contributed by atoms with E-state index in [1.165, 1.54) is 7.11 Å². The van der Waals surface area contributed by atoms with Gasteiger partial charge in [0.2, 0.25) is 0 Å². The van der Waals surface area contributed by atoms with Crippen LogP contribution in [-0.2, 0) is 9.53 Å². The highest BCUT2D eigenvalue weighted by Gasteiger charge is 2.23. The minimum absolute atomic E-state index is 0.269. The molecule has 0 fully saturated rings. The van der Waals surface area contributed by atoms with Gasteiger partial charge in [-0.15, -0.1) is 0 Å². The van der Waals surface area contributed by atoms with E-state index in [1.807, 2.05) is 26.0 Å². The number of carbonyl (C=O) groups excluding carboxylic acids is 2. The molecule has 0 spiro atoms. The number of pyridine rings is 1. The molecule has 1 N–H and O–H groups in total. The Bertz CT molecular complexity index is 682. The van der Waals surface area contributed by atoms with Crippen LogP contribution >= 0.6 is 0 Å². The van der Waals surface area contributed by atoms with Crippen LogP contribution < -0.4 is 5.32 Å². The number of amides is 1. The van der Waals surface area contributed by atoms with Crippen LogP contribution in [0, 0.1) is 5.92 Å². The second kappa shape index (κ2) is 7.02. The fourth-order valence-corrected chi connectivity index (χ4v) is 2.29. The quantitative estimate of drug-likeness (QED) is 0.862. The van der Waals surface area contributed by atoms with Crippen molar-refractivity contribution in [3.8, 4) is 0 Å². The molecule has 0 saturated heterocycles. The molecule has 2 rings (SSSR count). The maximum Gasteiger partial charge on any atom is 0.328 e. The molecule has 0 aliphatic rings. The summed E-state index contributed by atoms with van der Waals surface area (Å²) in [6.45, 7) is 3.98. The average Bonchev–Trinajstić information content (AvgIpc) is 2.52. The van der Waals surface area contributed by atoms with Gasteiger partial charge in [-0.3, -0.25) is 9.78 Å². The van der Waals surface area contributed by atoms with Crippen molar-refractivity contribution in [2.75, 3.05) is 7.11 Å². The van der Waals surface area contributed by atoms with Crippen LogP contribution in [0.15, 0.2) is 36.5 Å². The lowest BCUT2D eigenvalue weighted by Gasteiger charge is -2.18. The summed E-state index contributed by atoms with van der Waals surface area (Å²) in [5.74, 6) is -0.448. The summed E-state index contributed by atoms with van der Waals surface area (Å²) in [5.41, 5.74) is 1.32. The first-order valence-corrected chi connectivity index (χ1v) is 7.24. The van der Waals surface area contributed by atoms with Crippen molar-refractivity contribution < 1.29 is 14.3 Å². The highest BCUT2D eigenvalue weighted by atomic mass is 16.5. The Morgan fingerprint density at radius 2 is 2.05 bits per heavy atom. The summed E-state index contributed by atoms with van der Waals surface area (Å²) in [6, 6.07) is 8.34. The van der Waals surface area contributed by atoms with Gasteiger partial charge in [0.15, 0.2) is 0 Å².